The van der Waals surface area contributed by atoms with Crippen LogP contribution in [-0.2, 0) is 10.1 Å². The van der Waals surface area contributed by atoms with Gasteiger partial charge in [-0.1, -0.05) is 0 Å². The van der Waals surface area contributed by atoms with Crippen LogP contribution in [0.2, 0.25) is 0 Å². The minimum atomic E-state index is -3.92. The van der Waals surface area contributed by atoms with Gasteiger partial charge in [-0.25, -0.2) is 8.42 Å². The van der Waals surface area contributed by atoms with Crippen LogP contribution in [0.5, 0.6) is 0 Å². The van der Waals surface area contributed by atoms with Crippen molar-refractivity contribution in [2.75, 3.05) is 0 Å². The van der Waals surface area contributed by atoms with Gasteiger partial charge in [0.1, 0.15) is 10.1 Å². The molecule has 0 aromatic heterocycles. The van der Waals surface area contributed by atoms with Crippen LogP contribution in [0.25, 0.3) is 0 Å². The number of rotatable bonds is 0. The van der Waals surface area contributed by atoms with Gasteiger partial charge in [-0.3, -0.25) is 0 Å². The Labute approximate surface area is 48.7 Å². The van der Waals surface area contributed by atoms with E-state index in [2.05, 4.69) is 6.26 Å². The third-order valence-electron chi connectivity index (χ3n) is 0. The minimum Gasteiger partial charge on any atom is -0.310 e. The van der Waals surface area contributed by atoms with Crippen molar-refractivity contribution in [3.05, 3.63) is 6.26 Å². The maximum absolute atomic E-state index is 9.08. The molecule has 0 saturated carbocycles. The molecule has 0 heterocycles. The third kappa shape index (κ3) is 215. The predicted octanol–water partition coefficient (Wildman–Crippen LogP) is -3.33. The first-order chi connectivity index (χ1) is 2.00. The first-order valence-corrected chi connectivity index (χ1v) is 2.41. The molecule has 0 atom stereocenters. The van der Waals surface area contributed by atoms with Crippen LogP contribution in [-0.4, -0.2) is 13.0 Å². The predicted molar refractivity (Wildman–Crippen MR) is 16.9 cm³/mol. The molecule has 0 rings (SSSR count). The second kappa shape index (κ2) is 2.64. The molecular weight excluding hydrogens is 99.0 g/mol. The van der Waals surface area contributed by atoms with Crippen LogP contribution < -0.4 is 18.9 Å². The van der Waals surface area contributed by atoms with Gasteiger partial charge in [0, 0.05) is 0 Å². The Morgan fingerprint density at radius 2 is 1.50 bits per heavy atom. The second-order valence-electron chi connectivity index (χ2n) is 0.582. The molecule has 0 aromatic rings. The Morgan fingerprint density at radius 3 is 1.50 bits per heavy atom. The second-order valence-corrected chi connectivity index (χ2v) is 1.75. The molecule has 0 aliphatic heterocycles. The maximum Gasteiger partial charge on any atom is 1.00 e. The van der Waals surface area contributed by atoms with Crippen LogP contribution in [0, 0.1) is 6.26 Å². The van der Waals surface area contributed by atoms with Gasteiger partial charge in [-0.15, -0.1) is 0 Å². The van der Waals surface area contributed by atoms with Crippen molar-refractivity contribution in [1.82, 2.24) is 0 Å². The Bertz CT molecular complexity index is 94.0. The molecule has 0 bridgehead atoms. The zero-order chi connectivity index (χ0) is 4.50. The largest absolute Gasteiger partial charge is 1.00 e. The molecule has 6 heavy (non-hydrogen) atoms. The van der Waals surface area contributed by atoms with E-state index in [4.69, 9.17) is 13.0 Å². The van der Waals surface area contributed by atoms with Gasteiger partial charge < -0.3 is 4.55 Å². The zero-order valence-corrected chi connectivity index (χ0v) is 4.20. The van der Waals surface area contributed by atoms with Crippen molar-refractivity contribution < 1.29 is 31.8 Å². The first kappa shape index (κ1) is 9.72. The van der Waals surface area contributed by atoms with Crippen molar-refractivity contribution in [3.63, 3.8) is 0 Å². The monoisotopic (exact) mass is 102 g/mol. The molecule has 1 N–H and O–H groups in total. The van der Waals surface area contributed by atoms with E-state index in [0.29, 0.717) is 0 Å². The van der Waals surface area contributed by atoms with E-state index in [1.807, 2.05) is 0 Å². The molecule has 0 aliphatic rings. The summed E-state index contributed by atoms with van der Waals surface area (Å²) in [5.41, 5.74) is 0. The van der Waals surface area contributed by atoms with Gasteiger partial charge >= 0.3 is 18.9 Å². The van der Waals surface area contributed by atoms with Crippen LogP contribution >= 0.6 is 0 Å². The summed E-state index contributed by atoms with van der Waals surface area (Å²) in [6, 6.07) is 0. The summed E-state index contributed by atoms with van der Waals surface area (Å²) in [5.74, 6) is 0. The van der Waals surface area contributed by atoms with Gasteiger partial charge in [0.25, 0.3) is 0 Å². The molecule has 0 aliphatic carbocycles. The average molecular weight is 102 g/mol. The summed E-state index contributed by atoms with van der Waals surface area (Å²) < 4.78 is 25.5. The molecule has 5 heteroatoms. The van der Waals surface area contributed by atoms with Crippen LogP contribution in [0.3, 0.4) is 0 Å². The molecular formula is CH3LiO3S. The normalized spacial score (nSPS) is 9.67. The standard InChI is InChI=1S/CH3O3S.Li/c1-5(2,3)4;/h1H2,(H,2,3,4);/q-1;+1. The van der Waals surface area contributed by atoms with E-state index < -0.39 is 10.1 Å². The van der Waals surface area contributed by atoms with Crippen LogP contribution in [0.4, 0.5) is 0 Å². The zero-order valence-electron chi connectivity index (χ0n) is 3.38. The van der Waals surface area contributed by atoms with E-state index in [-0.39, 0.29) is 18.9 Å². The van der Waals surface area contributed by atoms with Crippen LogP contribution in [0.1, 0.15) is 0 Å². The molecule has 0 amide bonds. The number of hydrogen-bond donors (Lipinski definition) is 1. The van der Waals surface area contributed by atoms with Crippen molar-refractivity contribution >= 4 is 10.1 Å². The van der Waals surface area contributed by atoms with Gasteiger partial charge in [0.2, 0.25) is 0 Å². The number of hydrogen-bond acceptors (Lipinski definition) is 2. The molecule has 0 spiro atoms. The molecule has 3 nitrogen and oxygen atoms in total. The Kier molecular flexibility index (Phi) is 4.28. The third-order valence-corrected chi connectivity index (χ3v) is 0. The maximum atomic E-state index is 9.08. The summed E-state index contributed by atoms with van der Waals surface area (Å²) in [7, 11) is -3.92. The molecule has 0 saturated heterocycles. The van der Waals surface area contributed by atoms with Crippen LogP contribution in [0.15, 0.2) is 0 Å². The molecule has 0 aromatic carbocycles. The van der Waals surface area contributed by atoms with E-state index >= 15 is 0 Å². The van der Waals surface area contributed by atoms with Gasteiger partial charge in [0.05, 0.1) is 0 Å². The fraction of sp³-hybridized carbons (Fsp3) is 0. The smallest absolute Gasteiger partial charge is 0.310 e. The Balaban J connectivity index is 0. The molecule has 0 radical (unpaired) electrons. The first-order valence-electron chi connectivity index (χ1n) is 0.805. The van der Waals surface area contributed by atoms with Crippen molar-refractivity contribution in [2.24, 2.45) is 0 Å². The molecule has 0 unspecified atom stereocenters. The summed E-state index contributed by atoms with van der Waals surface area (Å²) in [4.78, 5) is 0. The fourth-order valence-electron chi connectivity index (χ4n) is 0. The van der Waals surface area contributed by atoms with Gasteiger partial charge in [-0.2, -0.15) is 6.26 Å². The SMILES string of the molecule is [CH2-]S(=O)(=O)O.[Li+]. The minimum absolute atomic E-state index is 0. The van der Waals surface area contributed by atoms with Crippen molar-refractivity contribution in [1.29, 1.82) is 0 Å². The van der Waals surface area contributed by atoms with Crippen molar-refractivity contribution in [3.8, 4) is 0 Å². The molecule has 0 fully saturated rings. The van der Waals surface area contributed by atoms with E-state index in [9.17, 15) is 0 Å². The van der Waals surface area contributed by atoms with Gasteiger partial charge in [-0.05, 0) is 0 Å². The summed E-state index contributed by atoms with van der Waals surface area (Å²) in [6.07, 6.45) is 2.30. The van der Waals surface area contributed by atoms with E-state index in [1.165, 1.54) is 0 Å². The molecule has 32 valence electrons. The van der Waals surface area contributed by atoms with E-state index in [1.54, 1.807) is 0 Å². The summed E-state index contributed by atoms with van der Waals surface area (Å²) in [5, 5.41) is 0. The Morgan fingerprint density at radius 1 is 1.50 bits per heavy atom. The summed E-state index contributed by atoms with van der Waals surface area (Å²) >= 11 is 0. The fourth-order valence-corrected chi connectivity index (χ4v) is 0. The average Bonchev–Trinajstić information content (AvgIpc) is 0.722. The van der Waals surface area contributed by atoms with E-state index in [0.717, 1.165) is 0 Å². The quantitative estimate of drug-likeness (QED) is 0.198. The topological polar surface area (TPSA) is 54.4 Å². The Hall–Kier alpha value is 0.507. The van der Waals surface area contributed by atoms with Crippen molar-refractivity contribution in [2.45, 2.75) is 0 Å². The summed E-state index contributed by atoms with van der Waals surface area (Å²) in [6.45, 7) is 0. The van der Waals surface area contributed by atoms with Gasteiger partial charge in [0.15, 0.2) is 0 Å².